The van der Waals surface area contributed by atoms with E-state index in [1.807, 2.05) is 0 Å². The number of quaternary nitrogens is 1. The predicted molar refractivity (Wildman–Crippen MR) is 125 cm³/mol. The number of nitrogens with one attached hydrogen (secondary N) is 2. The SMILES string of the molecule is CC(C)[NH+]1CCC2(CC1)Oc1ccccc1[C@@H]1C=C(c3cccc4ccccc34)NN12. The molecule has 3 aromatic rings. The average molecular weight is 413 g/mol. The summed E-state index contributed by atoms with van der Waals surface area (Å²) in [6, 6.07) is 24.6. The van der Waals surface area contributed by atoms with Crippen molar-refractivity contribution < 1.29 is 9.64 Å². The number of hydrogen-bond donors (Lipinski definition) is 2. The molecule has 3 heterocycles. The standard InChI is InChI=1S/C27H29N3O/c1-19(2)29-16-14-27(15-17-29)30-25(23-11-5-6-13-26(23)31-27)18-24(28-30)22-12-7-9-20-8-3-4-10-21(20)22/h3-13,18-19,25,28H,14-17H2,1-2H3/p+1/t25-/m0/s1. The van der Waals surface area contributed by atoms with Gasteiger partial charge in [-0.05, 0) is 36.8 Å². The zero-order valence-corrected chi connectivity index (χ0v) is 18.3. The largest absolute Gasteiger partial charge is 0.470 e. The van der Waals surface area contributed by atoms with Gasteiger partial charge in [-0.15, -0.1) is 0 Å². The van der Waals surface area contributed by atoms with Crippen molar-refractivity contribution in [1.29, 1.82) is 0 Å². The molecule has 3 aromatic carbocycles. The van der Waals surface area contributed by atoms with Crippen molar-refractivity contribution in [3.05, 3.63) is 83.9 Å². The van der Waals surface area contributed by atoms with E-state index in [1.54, 1.807) is 4.90 Å². The van der Waals surface area contributed by atoms with Crippen LogP contribution in [0.4, 0.5) is 0 Å². The monoisotopic (exact) mass is 412 g/mol. The first-order valence-corrected chi connectivity index (χ1v) is 11.5. The summed E-state index contributed by atoms with van der Waals surface area (Å²) in [7, 11) is 0. The van der Waals surface area contributed by atoms with E-state index in [0.29, 0.717) is 6.04 Å². The summed E-state index contributed by atoms with van der Waals surface area (Å²) >= 11 is 0. The molecule has 2 N–H and O–H groups in total. The van der Waals surface area contributed by atoms with Crippen LogP contribution in [0.2, 0.25) is 0 Å². The Morgan fingerprint density at radius 3 is 2.55 bits per heavy atom. The molecule has 0 aliphatic carbocycles. The highest BCUT2D eigenvalue weighted by molar-refractivity contribution is 5.93. The van der Waals surface area contributed by atoms with Crippen LogP contribution < -0.4 is 15.1 Å². The van der Waals surface area contributed by atoms with Gasteiger partial charge < -0.3 is 15.1 Å². The van der Waals surface area contributed by atoms with E-state index in [4.69, 9.17) is 4.74 Å². The van der Waals surface area contributed by atoms with Crippen molar-refractivity contribution in [3.63, 3.8) is 0 Å². The Labute approximate surface area is 184 Å². The number of likely N-dealkylation sites (tertiary alicyclic amines) is 1. The molecule has 3 aliphatic rings. The van der Waals surface area contributed by atoms with Crippen LogP contribution in [0.5, 0.6) is 5.75 Å². The Morgan fingerprint density at radius 2 is 1.71 bits per heavy atom. The first-order chi connectivity index (χ1) is 15.1. The predicted octanol–water partition coefficient (Wildman–Crippen LogP) is 3.92. The van der Waals surface area contributed by atoms with Gasteiger partial charge in [0.25, 0.3) is 0 Å². The van der Waals surface area contributed by atoms with E-state index in [1.165, 1.54) is 27.6 Å². The number of hydrazine groups is 1. The fraction of sp³-hybridized carbons (Fsp3) is 0.333. The first kappa shape index (κ1) is 18.9. The third-order valence-electron chi connectivity index (χ3n) is 7.39. The van der Waals surface area contributed by atoms with E-state index >= 15 is 0 Å². The number of para-hydroxylation sites is 1. The summed E-state index contributed by atoms with van der Waals surface area (Å²) in [5.41, 5.74) is 7.18. The van der Waals surface area contributed by atoms with Crippen LogP contribution in [0.3, 0.4) is 0 Å². The fourth-order valence-electron chi connectivity index (χ4n) is 5.62. The van der Waals surface area contributed by atoms with Crippen LogP contribution in [-0.2, 0) is 0 Å². The Morgan fingerprint density at radius 1 is 0.968 bits per heavy atom. The molecular weight excluding hydrogens is 382 g/mol. The minimum absolute atomic E-state index is 0.180. The van der Waals surface area contributed by atoms with Crippen LogP contribution >= 0.6 is 0 Å². The zero-order valence-electron chi connectivity index (χ0n) is 18.3. The van der Waals surface area contributed by atoms with Crippen molar-refractivity contribution in [1.82, 2.24) is 10.4 Å². The normalized spacial score (nSPS) is 27.5. The average Bonchev–Trinajstić information content (AvgIpc) is 3.26. The molecule has 1 saturated heterocycles. The highest BCUT2D eigenvalue weighted by Crippen LogP contribution is 2.48. The van der Waals surface area contributed by atoms with Crippen molar-refractivity contribution in [2.75, 3.05) is 13.1 Å². The van der Waals surface area contributed by atoms with Gasteiger partial charge in [-0.2, -0.15) is 5.01 Å². The van der Waals surface area contributed by atoms with Crippen LogP contribution in [-0.4, -0.2) is 29.9 Å². The lowest BCUT2D eigenvalue weighted by molar-refractivity contribution is -0.929. The highest BCUT2D eigenvalue weighted by atomic mass is 16.5. The molecular formula is C27H30N3O+. The molecule has 1 fully saturated rings. The molecule has 1 spiro atoms. The van der Waals surface area contributed by atoms with Crippen LogP contribution in [0.25, 0.3) is 16.5 Å². The number of fused-ring (bicyclic) bond motifs is 5. The summed E-state index contributed by atoms with van der Waals surface area (Å²) < 4.78 is 6.79. The molecule has 4 heteroatoms. The van der Waals surface area contributed by atoms with Gasteiger partial charge in [0.2, 0.25) is 0 Å². The zero-order chi connectivity index (χ0) is 21.0. The Hall–Kier alpha value is -2.82. The second kappa shape index (κ2) is 7.11. The number of benzene rings is 3. The van der Waals surface area contributed by atoms with E-state index in [0.717, 1.165) is 31.7 Å². The van der Waals surface area contributed by atoms with Gasteiger partial charge >= 0.3 is 0 Å². The van der Waals surface area contributed by atoms with E-state index in [9.17, 15) is 0 Å². The molecule has 31 heavy (non-hydrogen) atoms. The van der Waals surface area contributed by atoms with Gasteiger partial charge in [0, 0.05) is 11.1 Å². The minimum Gasteiger partial charge on any atom is -0.470 e. The summed E-state index contributed by atoms with van der Waals surface area (Å²) in [5, 5.41) is 4.96. The van der Waals surface area contributed by atoms with Crippen molar-refractivity contribution in [3.8, 4) is 5.75 Å². The lowest BCUT2D eigenvalue weighted by Gasteiger charge is -2.51. The quantitative estimate of drug-likeness (QED) is 0.669. The van der Waals surface area contributed by atoms with Gasteiger partial charge in [-0.25, -0.2) is 0 Å². The number of piperidine rings is 1. The number of ether oxygens (including phenoxy) is 1. The molecule has 0 amide bonds. The molecule has 0 bridgehead atoms. The Bertz CT molecular complexity index is 1150. The second-order valence-electron chi connectivity index (χ2n) is 9.43. The Kier molecular flexibility index (Phi) is 4.34. The maximum atomic E-state index is 6.79. The van der Waals surface area contributed by atoms with Crippen molar-refractivity contribution in [2.45, 2.75) is 44.5 Å². The summed E-state index contributed by atoms with van der Waals surface area (Å²) in [5.74, 6) is 1.04. The van der Waals surface area contributed by atoms with Gasteiger partial charge in [0.05, 0.1) is 43.7 Å². The van der Waals surface area contributed by atoms with Crippen molar-refractivity contribution in [2.24, 2.45) is 0 Å². The number of nitrogens with zero attached hydrogens (tertiary/aromatic N) is 1. The van der Waals surface area contributed by atoms with Crippen molar-refractivity contribution >= 4 is 16.5 Å². The molecule has 158 valence electrons. The molecule has 6 rings (SSSR count). The van der Waals surface area contributed by atoms with Gasteiger partial charge in [-0.1, -0.05) is 60.7 Å². The molecule has 0 unspecified atom stereocenters. The molecule has 0 aromatic heterocycles. The van der Waals surface area contributed by atoms with Crippen LogP contribution in [0.15, 0.2) is 72.8 Å². The lowest BCUT2D eigenvalue weighted by atomic mass is 9.92. The second-order valence-corrected chi connectivity index (χ2v) is 9.43. The van der Waals surface area contributed by atoms with Gasteiger partial charge in [0.15, 0.2) is 5.72 Å². The van der Waals surface area contributed by atoms with E-state index in [-0.39, 0.29) is 11.8 Å². The fourth-order valence-corrected chi connectivity index (χ4v) is 5.62. The Balaban J connectivity index is 1.42. The molecule has 1 atom stereocenters. The first-order valence-electron chi connectivity index (χ1n) is 11.5. The van der Waals surface area contributed by atoms with Gasteiger partial charge in [-0.3, -0.25) is 0 Å². The third-order valence-corrected chi connectivity index (χ3v) is 7.39. The van der Waals surface area contributed by atoms with E-state index in [2.05, 4.69) is 97.1 Å². The lowest BCUT2D eigenvalue weighted by Crippen LogP contribution is -3.16. The maximum absolute atomic E-state index is 6.79. The smallest absolute Gasteiger partial charge is 0.191 e. The molecule has 0 saturated carbocycles. The minimum atomic E-state index is -0.305. The maximum Gasteiger partial charge on any atom is 0.191 e. The third kappa shape index (κ3) is 2.97. The summed E-state index contributed by atoms with van der Waals surface area (Å²) in [6.45, 7) is 6.91. The summed E-state index contributed by atoms with van der Waals surface area (Å²) in [6.07, 6.45) is 4.44. The van der Waals surface area contributed by atoms with Crippen LogP contribution in [0.1, 0.15) is 43.9 Å². The van der Waals surface area contributed by atoms with E-state index < -0.39 is 0 Å². The topological polar surface area (TPSA) is 28.9 Å². The van der Waals surface area contributed by atoms with Gasteiger partial charge in [0.1, 0.15) is 5.75 Å². The highest BCUT2D eigenvalue weighted by Gasteiger charge is 2.52. The molecule has 3 aliphatic heterocycles. The molecule has 0 radical (unpaired) electrons. The number of hydrogen-bond acceptors (Lipinski definition) is 3. The molecule has 4 nitrogen and oxygen atoms in total. The summed E-state index contributed by atoms with van der Waals surface area (Å²) in [4.78, 5) is 1.67. The number of rotatable bonds is 2. The van der Waals surface area contributed by atoms with Crippen LogP contribution in [0, 0.1) is 0 Å².